The van der Waals surface area contributed by atoms with Crippen LogP contribution in [0.15, 0.2) is 6.33 Å². The molecule has 0 bridgehead atoms. The summed E-state index contributed by atoms with van der Waals surface area (Å²) < 4.78 is 65.2. The number of rotatable bonds is 4. The van der Waals surface area contributed by atoms with E-state index in [1.807, 2.05) is 0 Å². The molecule has 0 saturated carbocycles. The van der Waals surface area contributed by atoms with Gasteiger partial charge in [-0.2, -0.15) is 0 Å². The van der Waals surface area contributed by atoms with Gasteiger partial charge in [0.15, 0.2) is 0 Å². The number of alkyl halides is 4. The number of nitrogens with zero attached hydrogens (tertiary/aromatic N) is 4. The van der Waals surface area contributed by atoms with Crippen LogP contribution in [0.4, 0.5) is 29.2 Å². The predicted octanol–water partition coefficient (Wildman–Crippen LogP) is 3.28. The van der Waals surface area contributed by atoms with Crippen molar-refractivity contribution in [2.45, 2.75) is 70.9 Å². The Bertz CT molecular complexity index is 684. The van der Waals surface area contributed by atoms with Crippen LogP contribution in [0, 0.1) is 6.92 Å². The summed E-state index contributed by atoms with van der Waals surface area (Å²) >= 11 is 0. The molecule has 1 aromatic rings. The summed E-state index contributed by atoms with van der Waals surface area (Å²) in [7, 11) is 0. The van der Waals surface area contributed by atoms with Gasteiger partial charge in [0.2, 0.25) is 0 Å². The van der Waals surface area contributed by atoms with Crippen molar-refractivity contribution in [1.29, 1.82) is 0 Å². The van der Waals surface area contributed by atoms with Crippen molar-refractivity contribution < 1.29 is 27.0 Å². The predicted molar refractivity (Wildman–Crippen MR) is 101 cm³/mol. The lowest BCUT2D eigenvalue weighted by Gasteiger charge is -2.45. The Morgan fingerprint density at radius 2 is 1.28 bits per heavy atom. The molecule has 0 aromatic carbocycles. The lowest BCUT2D eigenvalue weighted by molar-refractivity contribution is -0.162. The molecule has 0 aliphatic carbocycles. The summed E-state index contributed by atoms with van der Waals surface area (Å²) in [6.07, 6.45) is -4.78. The minimum atomic E-state index is -2.65. The SMILES string of the molecule is Cc1c(N2CC(C)OC(C)(C(F)F)C2)ncnc1N1CC(C)OC(C)(C(F)F)C1. The molecule has 10 heteroatoms. The third kappa shape index (κ3) is 4.28. The highest BCUT2D eigenvalue weighted by atomic mass is 19.3. The fourth-order valence-corrected chi connectivity index (χ4v) is 4.21. The Balaban J connectivity index is 1.92. The van der Waals surface area contributed by atoms with E-state index < -0.39 is 36.3 Å². The van der Waals surface area contributed by atoms with E-state index in [4.69, 9.17) is 9.47 Å². The number of halogens is 4. The van der Waals surface area contributed by atoms with E-state index in [0.717, 1.165) is 0 Å². The van der Waals surface area contributed by atoms with E-state index in [2.05, 4.69) is 9.97 Å². The highest BCUT2D eigenvalue weighted by Crippen LogP contribution is 2.35. The maximum atomic E-state index is 13.6. The molecule has 2 aliphatic rings. The molecule has 4 atom stereocenters. The van der Waals surface area contributed by atoms with Gasteiger partial charge in [0.1, 0.15) is 29.2 Å². The molecule has 1 aromatic heterocycles. The van der Waals surface area contributed by atoms with Crippen molar-refractivity contribution in [3.05, 3.63) is 11.9 Å². The molecule has 0 amide bonds. The minimum Gasteiger partial charge on any atom is -0.363 e. The number of morpholine rings is 2. The number of aromatic nitrogens is 2. The zero-order valence-corrected chi connectivity index (χ0v) is 17.3. The van der Waals surface area contributed by atoms with E-state index in [0.29, 0.717) is 30.3 Å². The van der Waals surface area contributed by atoms with Crippen molar-refractivity contribution in [1.82, 2.24) is 9.97 Å². The van der Waals surface area contributed by atoms with Crippen molar-refractivity contribution >= 4 is 11.6 Å². The van der Waals surface area contributed by atoms with Crippen LogP contribution in [0.5, 0.6) is 0 Å². The average molecular weight is 420 g/mol. The van der Waals surface area contributed by atoms with Crippen LogP contribution in [0.25, 0.3) is 0 Å². The van der Waals surface area contributed by atoms with Crippen molar-refractivity contribution in [3.63, 3.8) is 0 Å². The molecule has 0 spiro atoms. The Labute approximate surface area is 168 Å². The third-order valence-corrected chi connectivity index (χ3v) is 5.46. The van der Waals surface area contributed by atoms with Gasteiger partial charge < -0.3 is 19.3 Å². The van der Waals surface area contributed by atoms with Crippen molar-refractivity contribution in [3.8, 4) is 0 Å². The van der Waals surface area contributed by atoms with Crippen LogP contribution >= 0.6 is 0 Å². The molecular formula is C19H28F4N4O2. The van der Waals surface area contributed by atoms with Crippen LogP contribution in [-0.2, 0) is 9.47 Å². The summed E-state index contributed by atoms with van der Waals surface area (Å²) in [5.41, 5.74) is -2.57. The van der Waals surface area contributed by atoms with Gasteiger partial charge in [-0.15, -0.1) is 0 Å². The number of hydrogen-bond donors (Lipinski definition) is 0. The Morgan fingerprint density at radius 3 is 1.62 bits per heavy atom. The molecular weight excluding hydrogens is 392 g/mol. The summed E-state index contributed by atoms with van der Waals surface area (Å²) in [5, 5.41) is 0. The van der Waals surface area contributed by atoms with Crippen LogP contribution < -0.4 is 9.80 Å². The van der Waals surface area contributed by atoms with E-state index in [1.165, 1.54) is 20.2 Å². The van der Waals surface area contributed by atoms with Gasteiger partial charge in [0.25, 0.3) is 12.9 Å². The average Bonchev–Trinajstić information content (AvgIpc) is 2.60. The first-order chi connectivity index (χ1) is 13.4. The Hall–Kier alpha value is -1.68. The summed E-state index contributed by atoms with van der Waals surface area (Å²) in [6.45, 7) is 8.77. The highest BCUT2D eigenvalue weighted by molar-refractivity contribution is 5.60. The summed E-state index contributed by atoms with van der Waals surface area (Å²) in [6, 6.07) is 0. The molecule has 3 rings (SSSR count). The Kier molecular flexibility index (Phi) is 5.97. The zero-order valence-electron chi connectivity index (χ0n) is 17.3. The first-order valence-electron chi connectivity index (χ1n) is 9.68. The fourth-order valence-electron chi connectivity index (χ4n) is 4.21. The lowest BCUT2D eigenvalue weighted by atomic mass is 10.0. The monoisotopic (exact) mass is 420 g/mol. The zero-order chi connectivity index (χ0) is 21.6. The molecule has 0 N–H and O–H groups in total. The van der Waals surface area contributed by atoms with Gasteiger partial charge in [0.05, 0.1) is 25.3 Å². The molecule has 2 saturated heterocycles. The van der Waals surface area contributed by atoms with Crippen LogP contribution in [0.1, 0.15) is 33.3 Å². The molecule has 4 unspecified atom stereocenters. The van der Waals surface area contributed by atoms with Gasteiger partial charge in [-0.1, -0.05) is 0 Å². The molecule has 29 heavy (non-hydrogen) atoms. The van der Waals surface area contributed by atoms with E-state index in [1.54, 1.807) is 30.6 Å². The van der Waals surface area contributed by atoms with Gasteiger partial charge in [0, 0.05) is 18.7 Å². The van der Waals surface area contributed by atoms with Crippen LogP contribution in [-0.4, -0.2) is 72.4 Å². The number of anilines is 2. The molecule has 164 valence electrons. The van der Waals surface area contributed by atoms with Gasteiger partial charge in [-0.05, 0) is 34.6 Å². The molecule has 2 aliphatic heterocycles. The molecule has 3 heterocycles. The molecule has 2 fully saturated rings. The van der Waals surface area contributed by atoms with E-state index in [-0.39, 0.29) is 13.1 Å². The van der Waals surface area contributed by atoms with Gasteiger partial charge >= 0.3 is 0 Å². The second kappa shape index (κ2) is 7.86. The third-order valence-electron chi connectivity index (χ3n) is 5.46. The standard InChI is InChI=1S/C19H28F4N4O2/c1-11-6-26(8-18(4,28-11)16(20)21)14-13(3)15(25-10-24-14)27-7-12(2)29-19(5,9-27)17(22)23/h10-12,16-17H,6-9H2,1-5H3. The first kappa shape index (κ1) is 22.0. The first-order valence-corrected chi connectivity index (χ1v) is 9.68. The highest BCUT2D eigenvalue weighted by Gasteiger charge is 2.45. The van der Waals surface area contributed by atoms with Gasteiger partial charge in [-0.25, -0.2) is 27.5 Å². The Morgan fingerprint density at radius 1 is 0.897 bits per heavy atom. The largest absolute Gasteiger partial charge is 0.363 e. The number of hydrogen-bond acceptors (Lipinski definition) is 6. The topological polar surface area (TPSA) is 50.7 Å². The number of ether oxygens (including phenoxy) is 2. The fraction of sp³-hybridized carbons (Fsp3) is 0.789. The summed E-state index contributed by atoms with van der Waals surface area (Å²) in [4.78, 5) is 12.2. The van der Waals surface area contributed by atoms with Crippen molar-refractivity contribution in [2.75, 3.05) is 36.0 Å². The lowest BCUT2D eigenvalue weighted by Crippen LogP contribution is -2.58. The minimum absolute atomic E-state index is 0.0272. The second-order valence-corrected chi connectivity index (χ2v) is 8.49. The maximum Gasteiger partial charge on any atom is 0.268 e. The maximum absolute atomic E-state index is 13.6. The van der Waals surface area contributed by atoms with Crippen LogP contribution in [0.2, 0.25) is 0 Å². The quantitative estimate of drug-likeness (QED) is 0.697. The van der Waals surface area contributed by atoms with Crippen molar-refractivity contribution in [2.24, 2.45) is 0 Å². The molecule has 0 radical (unpaired) electrons. The van der Waals surface area contributed by atoms with E-state index in [9.17, 15) is 17.6 Å². The van der Waals surface area contributed by atoms with Crippen LogP contribution in [0.3, 0.4) is 0 Å². The normalized spacial score (nSPS) is 33.6. The van der Waals surface area contributed by atoms with E-state index >= 15 is 0 Å². The smallest absolute Gasteiger partial charge is 0.268 e. The second-order valence-electron chi connectivity index (χ2n) is 8.49. The van der Waals surface area contributed by atoms with Gasteiger partial charge in [-0.3, -0.25) is 0 Å². The summed E-state index contributed by atoms with van der Waals surface area (Å²) in [5.74, 6) is 1.02. The molecule has 6 nitrogen and oxygen atoms in total.